The molecule has 20 heavy (non-hydrogen) atoms. The van der Waals surface area contributed by atoms with E-state index in [2.05, 4.69) is 10.6 Å². The Kier molecular flexibility index (Phi) is 6.08. The molecule has 3 N–H and O–H groups in total. The number of nitrogens with zero attached hydrogens (tertiary/aromatic N) is 1. The van der Waals surface area contributed by atoms with Crippen molar-refractivity contribution in [1.82, 2.24) is 10.6 Å². The monoisotopic (exact) mass is 281 g/mol. The van der Waals surface area contributed by atoms with Gasteiger partial charge in [0, 0.05) is 36.8 Å². The fourth-order valence-corrected chi connectivity index (χ4v) is 1.74. The van der Waals surface area contributed by atoms with Crippen molar-refractivity contribution in [1.29, 1.82) is 0 Å². The third-order valence-electron chi connectivity index (χ3n) is 2.77. The average molecular weight is 281 g/mol. The summed E-state index contributed by atoms with van der Waals surface area (Å²) in [4.78, 5) is 22.2. The zero-order chi connectivity index (χ0) is 15.1. The highest BCUT2D eigenvalue weighted by Gasteiger charge is 2.17. The molecule has 0 saturated heterocycles. The van der Waals surface area contributed by atoms with E-state index in [9.17, 15) is 14.9 Å². The lowest BCUT2D eigenvalue weighted by Crippen LogP contribution is -2.34. The van der Waals surface area contributed by atoms with E-state index in [-0.39, 0.29) is 11.6 Å². The Morgan fingerprint density at radius 1 is 1.45 bits per heavy atom. The van der Waals surface area contributed by atoms with Crippen molar-refractivity contribution < 1.29 is 14.8 Å². The molecule has 1 unspecified atom stereocenters. The lowest BCUT2D eigenvalue weighted by molar-refractivity contribution is -0.385. The van der Waals surface area contributed by atoms with E-state index in [1.807, 2.05) is 0 Å². The first-order valence-corrected chi connectivity index (χ1v) is 6.34. The van der Waals surface area contributed by atoms with E-state index >= 15 is 0 Å². The van der Waals surface area contributed by atoms with Gasteiger partial charge in [-0.1, -0.05) is 6.07 Å². The summed E-state index contributed by atoms with van der Waals surface area (Å²) in [5, 5.41) is 25.5. The van der Waals surface area contributed by atoms with Crippen molar-refractivity contribution in [3.63, 3.8) is 0 Å². The van der Waals surface area contributed by atoms with Gasteiger partial charge in [-0.15, -0.1) is 0 Å². The quantitative estimate of drug-likeness (QED) is 0.386. The highest BCUT2D eigenvalue weighted by atomic mass is 16.6. The topological polar surface area (TPSA) is 104 Å². The molecule has 7 heteroatoms. The van der Waals surface area contributed by atoms with Gasteiger partial charge in [-0.3, -0.25) is 14.9 Å². The zero-order valence-corrected chi connectivity index (χ0v) is 11.5. The molecule has 0 fully saturated rings. The smallest absolute Gasteiger partial charge is 0.273 e. The van der Waals surface area contributed by atoms with E-state index in [4.69, 9.17) is 5.11 Å². The number of benzene rings is 1. The largest absolute Gasteiger partial charge is 0.392 e. The van der Waals surface area contributed by atoms with Crippen molar-refractivity contribution in [2.75, 3.05) is 19.6 Å². The molecule has 0 aliphatic heterocycles. The van der Waals surface area contributed by atoms with Crippen LogP contribution in [0.5, 0.6) is 0 Å². The standard InChI is InChI=1S/C13H19N3O4/c1-9(17)8-14-6-7-15-13(18)11-4-3-5-12(10(11)2)16(19)20/h3-5,9,14,17H,6-8H2,1-2H3,(H,15,18). The van der Waals surface area contributed by atoms with Crippen LogP contribution >= 0.6 is 0 Å². The number of hydrogen-bond donors (Lipinski definition) is 3. The molecule has 0 radical (unpaired) electrons. The lowest BCUT2D eigenvalue weighted by Gasteiger charge is -2.09. The summed E-state index contributed by atoms with van der Waals surface area (Å²) in [5.41, 5.74) is 0.589. The first-order chi connectivity index (χ1) is 9.43. The molecule has 0 aliphatic carbocycles. The van der Waals surface area contributed by atoms with Crippen LogP contribution in [-0.2, 0) is 0 Å². The van der Waals surface area contributed by atoms with Crippen LogP contribution in [0, 0.1) is 17.0 Å². The van der Waals surface area contributed by atoms with Crippen molar-refractivity contribution in [3.05, 3.63) is 39.4 Å². The first kappa shape index (κ1) is 16.1. The third kappa shape index (κ3) is 4.60. The number of aliphatic hydroxyl groups excluding tert-OH is 1. The molecular formula is C13H19N3O4. The maximum Gasteiger partial charge on any atom is 0.273 e. The van der Waals surface area contributed by atoms with Crippen LogP contribution in [-0.4, -0.2) is 41.7 Å². The summed E-state index contributed by atoms with van der Waals surface area (Å²) in [6.07, 6.45) is -0.440. The minimum Gasteiger partial charge on any atom is -0.392 e. The summed E-state index contributed by atoms with van der Waals surface area (Å²) in [7, 11) is 0. The van der Waals surface area contributed by atoms with Gasteiger partial charge in [-0.2, -0.15) is 0 Å². The lowest BCUT2D eigenvalue weighted by atomic mass is 10.1. The van der Waals surface area contributed by atoms with Crippen LogP contribution in [0.15, 0.2) is 18.2 Å². The Hall–Kier alpha value is -1.99. The van der Waals surface area contributed by atoms with E-state index in [0.29, 0.717) is 30.8 Å². The minimum atomic E-state index is -0.504. The summed E-state index contributed by atoms with van der Waals surface area (Å²) < 4.78 is 0. The Balaban J connectivity index is 2.56. The number of amides is 1. The number of carbonyl (C=O) groups is 1. The molecule has 0 aromatic heterocycles. The van der Waals surface area contributed by atoms with Gasteiger partial charge in [-0.25, -0.2) is 0 Å². The van der Waals surface area contributed by atoms with Gasteiger partial charge < -0.3 is 15.7 Å². The number of carbonyl (C=O) groups excluding carboxylic acids is 1. The number of hydrogen-bond acceptors (Lipinski definition) is 5. The molecular weight excluding hydrogens is 262 g/mol. The second kappa shape index (κ2) is 7.56. The third-order valence-corrected chi connectivity index (χ3v) is 2.77. The van der Waals surface area contributed by atoms with E-state index in [1.54, 1.807) is 19.9 Å². The van der Waals surface area contributed by atoms with Gasteiger partial charge in [0.1, 0.15) is 0 Å². The Morgan fingerprint density at radius 3 is 2.75 bits per heavy atom. The van der Waals surface area contributed by atoms with Crippen molar-refractivity contribution in [2.24, 2.45) is 0 Å². The van der Waals surface area contributed by atoms with Gasteiger partial charge >= 0.3 is 0 Å². The molecule has 7 nitrogen and oxygen atoms in total. The molecule has 1 aromatic rings. The molecule has 0 saturated carbocycles. The molecule has 1 atom stereocenters. The van der Waals surface area contributed by atoms with Crippen molar-refractivity contribution in [3.8, 4) is 0 Å². The maximum atomic E-state index is 11.9. The maximum absolute atomic E-state index is 11.9. The molecule has 1 aromatic carbocycles. The number of nitro groups is 1. The van der Waals surface area contributed by atoms with Gasteiger partial charge in [-0.05, 0) is 19.9 Å². The van der Waals surface area contributed by atoms with Crippen LogP contribution in [0.4, 0.5) is 5.69 Å². The normalized spacial score (nSPS) is 11.9. The van der Waals surface area contributed by atoms with Crippen LogP contribution in [0.2, 0.25) is 0 Å². The van der Waals surface area contributed by atoms with Crippen LogP contribution in [0.1, 0.15) is 22.8 Å². The molecule has 1 rings (SSSR count). The Labute approximate surface area is 117 Å². The van der Waals surface area contributed by atoms with E-state index in [0.717, 1.165) is 0 Å². The molecule has 0 heterocycles. The van der Waals surface area contributed by atoms with Crippen LogP contribution in [0.25, 0.3) is 0 Å². The summed E-state index contributed by atoms with van der Waals surface area (Å²) in [6, 6.07) is 4.42. The fourth-order valence-electron chi connectivity index (χ4n) is 1.74. The van der Waals surface area contributed by atoms with Crippen molar-refractivity contribution in [2.45, 2.75) is 20.0 Å². The Morgan fingerprint density at radius 2 is 2.15 bits per heavy atom. The van der Waals surface area contributed by atoms with Crippen molar-refractivity contribution >= 4 is 11.6 Å². The van der Waals surface area contributed by atoms with Crippen LogP contribution in [0.3, 0.4) is 0 Å². The molecule has 0 spiro atoms. The molecule has 110 valence electrons. The van der Waals surface area contributed by atoms with Gasteiger partial charge in [0.25, 0.3) is 11.6 Å². The number of nitro benzene ring substituents is 1. The zero-order valence-electron chi connectivity index (χ0n) is 11.5. The van der Waals surface area contributed by atoms with Gasteiger partial charge in [0.05, 0.1) is 11.0 Å². The molecule has 0 bridgehead atoms. The molecule has 0 aliphatic rings. The summed E-state index contributed by atoms with van der Waals surface area (Å²) >= 11 is 0. The van der Waals surface area contributed by atoms with Gasteiger partial charge in [0.15, 0.2) is 0 Å². The van der Waals surface area contributed by atoms with Crippen LogP contribution < -0.4 is 10.6 Å². The molecule has 1 amide bonds. The SMILES string of the molecule is Cc1c(C(=O)NCCNCC(C)O)cccc1[N+](=O)[O-]. The highest BCUT2D eigenvalue weighted by molar-refractivity contribution is 5.96. The summed E-state index contributed by atoms with van der Waals surface area (Å²) in [5.74, 6) is -0.343. The second-order valence-electron chi connectivity index (χ2n) is 4.52. The predicted molar refractivity (Wildman–Crippen MR) is 74.7 cm³/mol. The number of nitrogens with one attached hydrogen (secondary N) is 2. The predicted octanol–water partition coefficient (Wildman–Crippen LogP) is 0.603. The highest BCUT2D eigenvalue weighted by Crippen LogP contribution is 2.20. The summed E-state index contributed by atoms with van der Waals surface area (Å²) in [6.45, 7) is 4.57. The average Bonchev–Trinajstić information content (AvgIpc) is 2.37. The van der Waals surface area contributed by atoms with E-state index in [1.165, 1.54) is 12.1 Å². The number of aliphatic hydroxyl groups is 1. The minimum absolute atomic E-state index is 0.0649. The number of rotatable bonds is 7. The second-order valence-corrected chi connectivity index (χ2v) is 4.52. The first-order valence-electron chi connectivity index (χ1n) is 6.34. The Bertz CT molecular complexity index is 489. The van der Waals surface area contributed by atoms with E-state index < -0.39 is 11.0 Å². The van der Waals surface area contributed by atoms with Gasteiger partial charge in [0.2, 0.25) is 0 Å². The fraction of sp³-hybridized carbons (Fsp3) is 0.462.